The van der Waals surface area contributed by atoms with E-state index in [9.17, 15) is 19.2 Å². The van der Waals surface area contributed by atoms with Crippen LogP contribution in [-0.2, 0) is 19.2 Å². The van der Waals surface area contributed by atoms with Crippen LogP contribution in [0.5, 0.6) is 0 Å². The largest absolute Gasteiger partial charge is 0.324 e. The van der Waals surface area contributed by atoms with Crippen LogP contribution in [0.15, 0.2) is 93.3 Å². The lowest BCUT2D eigenvalue weighted by molar-refractivity contribution is -0.127. The summed E-state index contributed by atoms with van der Waals surface area (Å²) in [4.78, 5) is 50.5. The van der Waals surface area contributed by atoms with E-state index in [4.69, 9.17) is 46.4 Å². The van der Waals surface area contributed by atoms with Gasteiger partial charge in [-0.2, -0.15) is 20.5 Å². The van der Waals surface area contributed by atoms with Crippen molar-refractivity contribution in [3.05, 3.63) is 104 Å². The van der Waals surface area contributed by atoms with Crippen molar-refractivity contribution < 1.29 is 19.2 Å². The minimum absolute atomic E-state index is 0.230. The van der Waals surface area contributed by atoms with Crippen molar-refractivity contribution in [1.82, 2.24) is 0 Å². The highest BCUT2D eigenvalue weighted by Gasteiger charge is 2.25. The number of amides is 2. The van der Waals surface area contributed by atoms with Gasteiger partial charge in [0.25, 0.3) is 11.8 Å². The van der Waals surface area contributed by atoms with Crippen LogP contribution in [0.1, 0.15) is 25.0 Å². The number of halogens is 4. The van der Waals surface area contributed by atoms with Gasteiger partial charge >= 0.3 is 0 Å². The van der Waals surface area contributed by atoms with E-state index in [1.807, 2.05) is 38.1 Å². The zero-order valence-electron chi connectivity index (χ0n) is 26.0. The Hall–Kier alpha value is -4.48. The third kappa shape index (κ3) is 9.32. The SMILES string of the molecule is CC(=O)C(N=Nc1ccc(Cl)cc1Cl)C(=O)Nc1ccc(-c2ccc(NC(=O)C(N=Nc3ccc(Cl)cc3Cl)C(C)=O)c(C)c2)cc1C. The summed E-state index contributed by atoms with van der Waals surface area (Å²) in [6, 6.07) is 17.2. The van der Waals surface area contributed by atoms with Crippen LogP contribution in [-0.4, -0.2) is 35.5 Å². The molecule has 48 heavy (non-hydrogen) atoms. The molecule has 14 heteroatoms. The fraction of sp³-hybridized carbons (Fsp3) is 0.176. The number of nitrogens with zero attached hydrogens (tertiary/aromatic N) is 4. The molecule has 0 aromatic heterocycles. The fourth-order valence-electron chi connectivity index (χ4n) is 4.37. The van der Waals surface area contributed by atoms with Crippen LogP contribution >= 0.6 is 46.4 Å². The molecule has 0 fully saturated rings. The molecule has 0 aliphatic heterocycles. The second-order valence-electron chi connectivity index (χ2n) is 10.7. The summed E-state index contributed by atoms with van der Waals surface area (Å²) < 4.78 is 0. The molecular weight excluding hydrogens is 698 g/mol. The topological polar surface area (TPSA) is 142 Å². The molecule has 0 spiro atoms. The highest BCUT2D eigenvalue weighted by Crippen LogP contribution is 2.31. The van der Waals surface area contributed by atoms with Crippen molar-refractivity contribution in [2.45, 2.75) is 39.8 Å². The number of hydrogen-bond acceptors (Lipinski definition) is 8. The predicted octanol–water partition coefficient (Wildman–Crippen LogP) is 9.94. The molecule has 0 aliphatic carbocycles. The van der Waals surface area contributed by atoms with Crippen molar-refractivity contribution in [2.75, 3.05) is 10.6 Å². The van der Waals surface area contributed by atoms with E-state index < -0.39 is 35.5 Å². The van der Waals surface area contributed by atoms with E-state index in [2.05, 4.69) is 31.1 Å². The van der Waals surface area contributed by atoms with Gasteiger partial charge in [-0.1, -0.05) is 58.5 Å². The zero-order valence-corrected chi connectivity index (χ0v) is 29.0. The van der Waals surface area contributed by atoms with Crippen molar-refractivity contribution in [3.63, 3.8) is 0 Å². The maximum Gasteiger partial charge on any atom is 0.258 e. The van der Waals surface area contributed by atoms with Gasteiger partial charge in [0, 0.05) is 21.4 Å². The number of Topliss-reactive ketones (excluding diaryl/α,β-unsaturated/α-hetero) is 2. The van der Waals surface area contributed by atoms with Crippen molar-refractivity contribution in [3.8, 4) is 11.1 Å². The molecule has 2 N–H and O–H groups in total. The van der Waals surface area contributed by atoms with Gasteiger partial charge in [0.15, 0.2) is 11.6 Å². The number of nitrogens with one attached hydrogen (secondary N) is 2. The second kappa shape index (κ2) is 16.1. The van der Waals surface area contributed by atoms with Crippen LogP contribution < -0.4 is 10.6 Å². The zero-order chi connectivity index (χ0) is 35.1. The predicted molar refractivity (Wildman–Crippen MR) is 190 cm³/mol. The molecule has 0 aliphatic rings. The first-order valence-electron chi connectivity index (χ1n) is 14.3. The molecule has 2 unspecified atom stereocenters. The number of ketones is 2. The molecule has 0 saturated carbocycles. The summed E-state index contributed by atoms with van der Waals surface area (Å²) in [7, 11) is 0. The maximum absolute atomic E-state index is 13.0. The molecular formula is C34H28Cl4N6O4. The van der Waals surface area contributed by atoms with Crippen molar-refractivity contribution in [1.29, 1.82) is 0 Å². The first kappa shape index (κ1) is 36.4. The minimum atomic E-state index is -1.39. The molecule has 4 aromatic carbocycles. The van der Waals surface area contributed by atoms with Gasteiger partial charge < -0.3 is 10.6 Å². The summed E-state index contributed by atoms with van der Waals surface area (Å²) in [5.74, 6) is -2.30. The number of aryl methyl sites for hydroxylation is 2. The maximum atomic E-state index is 13.0. The number of anilines is 2. The summed E-state index contributed by atoms with van der Waals surface area (Å²) >= 11 is 24.1. The Morgan fingerprint density at radius 1 is 0.562 bits per heavy atom. The van der Waals surface area contributed by atoms with Crippen LogP contribution in [0.4, 0.5) is 22.7 Å². The van der Waals surface area contributed by atoms with Gasteiger partial charge in [-0.25, -0.2) is 0 Å². The quantitative estimate of drug-likeness (QED) is 0.117. The van der Waals surface area contributed by atoms with Gasteiger partial charge in [-0.3, -0.25) is 19.2 Å². The molecule has 2 amide bonds. The normalized spacial score (nSPS) is 12.6. The molecule has 246 valence electrons. The molecule has 0 saturated heterocycles. The average molecular weight is 726 g/mol. The first-order chi connectivity index (χ1) is 22.7. The molecule has 0 heterocycles. The number of carbonyl (C=O) groups is 4. The Balaban J connectivity index is 1.46. The van der Waals surface area contributed by atoms with Gasteiger partial charge in [-0.05, 0) is 111 Å². The lowest BCUT2D eigenvalue weighted by Gasteiger charge is -2.15. The molecule has 10 nitrogen and oxygen atoms in total. The minimum Gasteiger partial charge on any atom is -0.324 e. The number of benzene rings is 4. The third-order valence-corrected chi connectivity index (χ3v) is 8.03. The van der Waals surface area contributed by atoms with Gasteiger partial charge in [0.2, 0.25) is 12.1 Å². The Morgan fingerprint density at radius 3 is 1.25 bits per heavy atom. The Labute approximate surface area is 296 Å². The third-order valence-electron chi connectivity index (χ3n) is 6.95. The molecule has 4 aromatic rings. The average Bonchev–Trinajstić information content (AvgIpc) is 3.01. The van der Waals surface area contributed by atoms with Crippen LogP contribution in [0, 0.1) is 13.8 Å². The lowest BCUT2D eigenvalue weighted by atomic mass is 9.99. The molecule has 0 bridgehead atoms. The standard InChI is InChI=1S/C34H28Cl4N6O4/c1-17-13-21(5-9-27(17)39-33(47)31(19(3)45)43-41-29-11-7-23(35)15-25(29)37)22-6-10-28(18(2)14-22)40-34(48)32(20(4)46)44-42-30-12-8-24(36)16-26(30)38/h5-16,31-32H,1-4H3,(H,39,47)(H,40,48). The fourth-order valence-corrected chi connectivity index (χ4v) is 5.26. The monoisotopic (exact) mass is 724 g/mol. The van der Waals surface area contributed by atoms with Crippen LogP contribution in [0.25, 0.3) is 11.1 Å². The van der Waals surface area contributed by atoms with Crippen LogP contribution in [0.2, 0.25) is 20.1 Å². The Morgan fingerprint density at radius 2 is 0.938 bits per heavy atom. The smallest absolute Gasteiger partial charge is 0.258 e. The van der Waals surface area contributed by atoms with Crippen molar-refractivity contribution in [2.24, 2.45) is 20.5 Å². The van der Waals surface area contributed by atoms with E-state index in [-0.39, 0.29) is 21.4 Å². The van der Waals surface area contributed by atoms with E-state index in [0.717, 1.165) is 22.3 Å². The first-order valence-corrected chi connectivity index (χ1v) is 15.8. The van der Waals surface area contributed by atoms with E-state index in [1.54, 1.807) is 24.3 Å². The number of hydrogen-bond donors (Lipinski definition) is 2. The molecule has 4 rings (SSSR count). The van der Waals surface area contributed by atoms with Crippen LogP contribution in [0.3, 0.4) is 0 Å². The number of rotatable bonds is 11. The second-order valence-corrected chi connectivity index (χ2v) is 12.4. The molecule has 0 radical (unpaired) electrons. The highest BCUT2D eigenvalue weighted by molar-refractivity contribution is 6.36. The number of azo groups is 2. The van der Waals surface area contributed by atoms with E-state index >= 15 is 0 Å². The van der Waals surface area contributed by atoms with Gasteiger partial charge in [0.1, 0.15) is 11.4 Å². The van der Waals surface area contributed by atoms with Gasteiger partial charge in [0.05, 0.1) is 10.0 Å². The highest BCUT2D eigenvalue weighted by atomic mass is 35.5. The van der Waals surface area contributed by atoms with E-state index in [0.29, 0.717) is 21.4 Å². The Kier molecular flexibility index (Phi) is 12.2. The van der Waals surface area contributed by atoms with Crippen molar-refractivity contribution >= 4 is 92.5 Å². The molecule has 2 atom stereocenters. The summed E-state index contributed by atoms with van der Waals surface area (Å²) in [5.41, 5.74) is 4.64. The number of carbonyl (C=O) groups excluding carboxylic acids is 4. The Bertz CT molecular complexity index is 1840. The summed E-state index contributed by atoms with van der Waals surface area (Å²) in [6.07, 6.45) is 0. The van der Waals surface area contributed by atoms with Gasteiger partial charge in [-0.15, -0.1) is 0 Å². The summed E-state index contributed by atoms with van der Waals surface area (Å²) in [6.45, 7) is 6.12. The lowest BCUT2D eigenvalue weighted by Crippen LogP contribution is -2.32. The summed E-state index contributed by atoms with van der Waals surface area (Å²) in [5, 5.41) is 22.6. The van der Waals surface area contributed by atoms with E-state index in [1.165, 1.54) is 38.1 Å².